The molecule has 1 aliphatic rings. The first kappa shape index (κ1) is 23.9. The molecule has 0 fully saturated rings. The second-order valence-electron chi connectivity index (χ2n) is 7.22. The Morgan fingerprint density at radius 2 is 2.03 bits per heavy atom. The molecule has 1 heterocycles. The summed E-state index contributed by atoms with van der Waals surface area (Å²) in [6, 6.07) is 12.7. The van der Waals surface area contributed by atoms with E-state index in [9.17, 15) is 13.2 Å². The Morgan fingerprint density at radius 3 is 2.66 bits per heavy atom. The molecule has 3 rings (SSSR count). The van der Waals surface area contributed by atoms with Crippen molar-refractivity contribution in [3.63, 3.8) is 0 Å². The first-order valence-corrected chi connectivity index (χ1v) is 12.7. The van der Waals surface area contributed by atoms with Crippen LogP contribution in [0.25, 0.3) is 0 Å². The molecule has 1 N–H and O–H groups in total. The van der Waals surface area contributed by atoms with Crippen molar-refractivity contribution in [1.29, 1.82) is 0 Å². The maximum absolute atomic E-state index is 13.6. The summed E-state index contributed by atoms with van der Waals surface area (Å²) in [5, 5.41) is 8.84. The molecule has 0 aromatic heterocycles. The fraction of sp³-hybridized carbons (Fsp3) is 0.261. The van der Waals surface area contributed by atoms with Gasteiger partial charge in [0.05, 0.1) is 22.9 Å². The van der Waals surface area contributed by atoms with E-state index in [1.54, 1.807) is 19.2 Å². The van der Waals surface area contributed by atoms with Crippen LogP contribution in [-0.4, -0.2) is 49.7 Å². The Balaban J connectivity index is 2.21. The maximum atomic E-state index is 13.6. The zero-order valence-electron chi connectivity index (χ0n) is 18.0. The van der Waals surface area contributed by atoms with Gasteiger partial charge < -0.3 is 14.7 Å². The lowest BCUT2D eigenvalue weighted by atomic mass is 10.1. The summed E-state index contributed by atoms with van der Waals surface area (Å²) >= 11 is 1.39. The molecule has 0 saturated heterocycles. The molecule has 9 heteroatoms. The molecule has 0 spiro atoms. The van der Waals surface area contributed by atoms with Crippen LogP contribution in [0.4, 0.5) is 11.4 Å². The third kappa shape index (κ3) is 5.01. The number of anilines is 2. The van der Waals surface area contributed by atoms with Crippen molar-refractivity contribution in [1.82, 2.24) is 4.31 Å². The van der Waals surface area contributed by atoms with Gasteiger partial charge in [0.25, 0.3) is 0 Å². The van der Waals surface area contributed by atoms with Gasteiger partial charge in [-0.15, -0.1) is 18.3 Å². The molecule has 1 aliphatic heterocycles. The molecule has 7 nitrogen and oxygen atoms in total. The van der Waals surface area contributed by atoms with Gasteiger partial charge in [0.2, 0.25) is 10.0 Å². The number of likely N-dealkylation sites (N-methyl/N-ethyl adjacent to an activating group) is 1. The van der Waals surface area contributed by atoms with Gasteiger partial charge in [-0.2, -0.15) is 4.31 Å². The quantitative estimate of drug-likeness (QED) is 0.261. The number of carboxylic acid groups (broad SMARTS) is 1. The van der Waals surface area contributed by atoms with Crippen LogP contribution in [0.5, 0.6) is 5.75 Å². The third-order valence-corrected chi connectivity index (χ3v) is 7.98. The molecular weight excluding hydrogens is 448 g/mol. The summed E-state index contributed by atoms with van der Waals surface area (Å²) in [5.41, 5.74) is 1.44. The number of aliphatic carboxylic acids is 1. The highest BCUT2D eigenvalue weighted by Crippen LogP contribution is 2.43. The minimum atomic E-state index is -3.84. The number of rotatable bonds is 8. The third-order valence-electron chi connectivity index (χ3n) is 5.28. The zero-order valence-corrected chi connectivity index (χ0v) is 19.6. The lowest BCUT2D eigenvalue weighted by molar-refractivity contribution is -0.131. The molecule has 0 unspecified atom stereocenters. The number of allylic oxidation sites excluding steroid dienone is 1. The average Bonchev–Trinajstić information content (AvgIpc) is 2.86. The minimum absolute atomic E-state index is 0.112. The van der Waals surface area contributed by atoms with Gasteiger partial charge >= 0.3 is 5.97 Å². The van der Waals surface area contributed by atoms with Crippen LogP contribution in [0.3, 0.4) is 0 Å². The minimum Gasteiger partial charge on any atom is -0.478 e. The molecule has 0 aliphatic carbocycles. The van der Waals surface area contributed by atoms with E-state index < -0.39 is 16.0 Å². The van der Waals surface area contributed by atoms with Gasteiger partial charge in [-0.1, -0.05) is 24.3 Å². The molecule has 2 aromatic rings. The number of nitrogens with zero attached hydrogens (tertiary/aromatic N) is 2. The van der Waals surface area contributed by atoms with E-state index in [0.29, 0.717) is 30.0 Å². The van der Waals surface area contributed by atoms with E-state index in [-0.39, 0.29) is 16.7 Å². The van der Waals surface area contributed by atoms with Crippen LogP contribution in [-0.2, 0) is 14.8 Å². The number of benzene rings is 2. The van der Waals surface area contributed by atoms with E-state index in [1.165, 1.54) is 22.1 Å². The molecule has 32 heavy (non-hydrogen) atoms. The maximum Gasteiger partial charge on any atom is 0.331 e. The normalized spacial score (nSPS) is 18.2. The van der Waals surface area contributed by atoms with Crippen molar-refractivity contribution in [2.75, 3.05) is 24.7 Å². The highest BCUT2D eigenvalue weighted by Gasteiger charge is 2.37. The highest BCUT2D eigenvalue weighted by atomic mass is 32.2. The second-order valence-corrected chi connectivity index (χ2v) is 10.0. The zero-order chi connectivity index (χ0) is 23.3. The van der Waals surface area contributed by atoms with Gasteiger partial charge in [-0.05, 0) is 37.3 Å². The fourth-order valence-corrected chi connectivity index (χ4v) is 5.68. The number of para-hydroxylation sites is 1. The monoisotopic (exact) mass is 474 g/mol. The number of hydrogen-bond acceptors (Lipinski definition) is 6. The predicted octanol–water partition coefficient (Wildman–Crippen LogP) is 4.49. The number of carboxylic acids is 1. The van der Waals surface area contributed by atoms with E-state index in [2.05, 4.69) is 6.58 Å². The molecule has 0 amide bonds. The van der Waals surface area contributed by atoms with Crippen molar-refractivity contribution in [3.8, 4) is 5.75 Å². The fourth-order valence-electron chi connectivity index (χ4n) is 3.58. The van der Waals surface area contributed by atoms with Crippen LogP contribution >= 0.6 is 11.8 Å². The van der Waals surface area contributed by atoms with Crippen molar-refractivity contribution in [2.45, 2.75) is 28.7 Å². The summed E-state index contributed by atoms with van der Waals surface area (Å²) in [7, 11) is -2.25. The number of fused-ring (bicyclic) bond motifs is 1. The van der Waals surface area contributed by atoms with E-state index in [1.807, 2.05) is 41.5 Å². The first-order chi connectivity index (χ1) is 15.3. The number of sulfonamides is 1. The Morgan fingerprint density at radius 1 is 1.31 bits per heavy atom. The van der Waals surface area contributed by atoms with Crippen molar-refractivity contribution < 1.29 is 23.1 Å². The molecular formula is C23H26N2O5S2. The molecule has 0 bridgehead atoms. The van der Waals surface area contributed by atoms with Crippen molar-refractivity contribution in [2.24, 2.45) is 0 Å². The molecule has 170 valence electrons. The van der Waals surface area contributed by atoms with Crippen molar-refractivity contribution in [3.05, 3.63) is 67.5 Å². The standard InChI is InChI=1S/C23H26N2O5S2/c1-4-5-9-18-16-25(17-10-7-6-8-11-17)19-14-21(31-3)20(30-13-12-23(26)27)15-22(19)32(28,29)24(18)2/h4,6-8,10-15,18H,1,5,9,16H2,2-3H3,(H,26,27)/b13-12+/t18-/m1/s1. The Kier molecular flexibility index (Phi) is 7.65. The lowest BCUT2D eigenvalue weighted by Crippen LogP contribution is -2.40. The molecule has 2 aromatic carbocycles. The largest absolute Gasteiger partial charge is 0.478 e. The highest BCUT2D eigenvalue weighted by molar-refractivity contribution is 7.98. The number of hydrogen-bond donors (Lipinski definition) is 1. The molecule has 1 atom stereocenters. The molecule has 0 saturated carbocycles. The number of ether oxygens (including phenoxy) is 1. The Bertz CT molecular complexity index is 1120. The average molecular weight is 475 g/mol. The summed E-state index contributed by atoms with van der Waals surface area (Å²) in [6.07, 6.45) is 6.87. The van der Waals surface area contributed by atoms with Crippen molar-refractivity contribution >= 4 is 39.1 Å². The smallest absolute Gasteiger partial charge is 0.331 e. The first-order valence-electron chi connectivity index (χ1n) is 9.99. The SMILES string of the molecule is C=CCC[C@@H]1CN(c2ccccc2)c2cc(SC)c(O/C=C/C(=O)O)cc2S(=O)(=O)N1C. The number of thioether (sulfide) groups is 1. The second kappa shape index (κ2) is 10.2. The summed E-state index contributed by atoms with van der Waals surface area (Å²) in [4.78, 5) is 13.6. The topological polar surface area (TPSA) is 87.1 Å². The summed E-state index contributed by atoms with van der Waals surface area (Å²) in [6.45, 7) is 4.25. The van der Waals surface area contributed by atoms with Crippen LogP contribution in [0.15, 0.2) is 77.2 Å². The number of carbonyl (C=O) groups is 1. The summed E-state index contributed by atoms with van der Waals surface area (Å²) in [5.74, 6) is -0.874. The Labute approximate surface area is 193 Å². The molecule has 0 radical (unpaired) electrons. The van der Waals surface area contributed by atoms with Gasteiger partial charge in [0, 0.05) is 31.4 Å². The van der Waals surface area contributed by atoms with Gasteiger partial charge in [-0.25, -0.2) is 13.2 Å². The van der Waals surface area contributed by atoms with Crippen LogP contribution in [0.1, 0.15) is 12.8 Å². The summed E-state index contributed by atoms with van der Waals surface area (Å²) < 4.78 is 34.1. The van der Waals surface area contributed by atoms with Crippen LogP contribution < -0.4 is 9.64 Å². The Hall–Kier alpha value is -2.75. The van der Waals surface area contributed by atoms with Crippen LogP contribution in [0, 0.1) is 0 Å². The van der Waals surface area contributed by atoms with Gasteiger partial charge in [0.1, 0.15) is 10.6 Å². The van der Waals surface area contributed by atoms with Gasteiger partial charge in [0.15, 0.2) is 0 Å². The van der Waals surface area contributed by atoms with Crippen LogP contribution in [0.2, 0.25) is 0 Å². The lowest BCUT2D eigenvalue weighted by Gasteiger charge is -2.29. The van der Waals surface area contributed by atoms with Gasteiger partial charge in [-0.3, -0.25) is 0 Å². The van der Waals surface area contributed by atoms with E-state index in [4.69, 9.17) is 9.84 Å². The predicted molar refractivity (Wildman–Crippen MR) is 127 cm³/mol. The van der Waals surface area contributed by atoms with E-state index >= 15 is 0 Å². The van der Waals surface area contributed by atoms with E-state index in [0.717, 1.165) is 18.0 Å².